The number of imide groups is 2. The number of nitrogens with zero attached hydrogens (tertiary/aromatic N) is 2. The highest BCUT2D eigenvalue weighted by atomic mass is 16.2. The van der Waals surface area contributed by atoms with Crippen LogP contribution in [0.2, 0.25) is 0 Å². The summed E-state index contributed by atoms with van der Waals surface area (Å²) in [6.45, 7) is 0. The summed E-state index contributed by atoms with van der Waals surface area (Å²) in [4.78, 5) is 46.3. The first kappa shape index (κ1) is 13.8. The van der Waals surface area contributed by atoms with Crippen LogP contribution in [0.1, 0.15) is 5.56 Å². The van der Waals surface area contributed by atoms with Crippen molar-refractivity contribution in [3.63, 3.8) is 0 Å². The first-order valence-electron chi connectivity index (χ1n) is 6.42. The Labute approximate surface area is 124 Å². The van der Waals surface area contributed by atoms with E-state index in [1.165, 1.54) is 15.2 Å². The van der Waals surface area contributed by atoms with Crippen molar-refractivity contribution in [2.45, 2.75) is 0 Å². The topological polar surface area (TPSA) is 102 Å². The number of rotatable bonds is 1. The average Bonchev–Trinajstić information content (AvgIpc) is 2.68. The molecule has 22 heavy (non-hydrogen) atoms. The molecule has 0 bridgehead atoms. The van der Waals surface area contributed by atoms with Gasteiger partial charge in [-0.05, 0) is 23.8 Å². The van der Waals surface area contributed by atoms with E-state index in [1.807, 2.05) is 10.6 Å². The van der Waals surface area contributed by atoms with Crippen LogP contribution in [-0.4, -0.2) is 27.0 Å². The van der Waals surface area contributed by atoms with Crippen LogP contribution in [0.15, 0.2) is 28.6 Å². The third-order valence-electron chi connectivity index (χ3n) is 3.55. The molecule has 0 spiro atoms. The fraction of sp³-hybridized carbons (Fsp3) is 0.143. The Morgan fingerprint density at radius 1 is 0.909 bits per heavy atom. The highest BCUT2D eigenvalue weighted by molar-refractivity contribution is 6.31. The lowest BCUT2D eigenvalue weighted by atomic mass is 10.1. The zero-order valence-electron chi connectivity index (χ0n) is 11.8. The fourth-order valence-electron chi connectivity index (χ4n) is 2.39. The fourth-order valence-corrected chi connectivity index (χ4v) is 2.39. The summed E-state index contributed by atoms with van der Waals surface area (Å²) < 4.78 is 2.98. The van der Waals surface area contributed by atoms with Gasteiger partial charge in [-0.3, -0.25) is 29.4 Å². The Hall–Kier alpha value is -3.16. The minimum atomic E-state index is -0.840. The first-order chi connectivity index (χ1) is 10.4. The Morgan fingerprint density at radius 3 is 2.14 bits per heavy atom. The van der Waals surface area contributed by atoms with Gasteiger partial charge in [0.1, 0.15) is 5.57 Å². The Kier molecular flexibility index (Phi) is 2.94. The highest BCUT2D eigenvalue weighted by Crippen LogP contribution is 2.17. The molecule has 1 aromatic carbocycles. The minimum Gasteiger partial charge on any atom is -0.295 e. The molecule has 1 fully saturated rings. The average molecular weight is 300 g/mol. The van der Waals surface area contributed by atoms with Gasteiger partial charge in [-0.15, -0.1) is 0 Å². The molecule has 8 nitrogen and oxygen atoms in total. The van der Waals surface area contributed by atoms with Crippen LogP contribution < -0.4 is 16.3 Å². The number of aromatic nitrogens is 2. The van der Waals surface area contributed by atoms with Gasteiger partial charge in [0.05, 0.1) is 11.0 Å². The molecule has 2 aromatic rings. The van der Waals surface area contributed by atoms with E-state index in [9.17, 15) is 19.2 Å². The third-order valence-corrected chi connectivity index (χ3v) is 3.55. The van der Waals surface area contributed by atoms with E-state index in [-0.39, 0.29) is 11.3 Å². The van der Waals surface area contributed by atoms with Gasteiger partial charge in [0, 0.05) is 14.1 Å². The second-order valence-electron chi connectivity index (χ2n) is 4.94. The number of nitrogens with one attached hydrogen (secondary N) is 2. The molecule has 0 unspecified atom stereocenters. The van der Waals surface area contributed by atoms with Crippen molar-refractivity contribution >= 4 is 35.0 Å². The molecule has 1 aliphatic heterocycles. The van der Waals surface area contributed by atoms with Crippen LogP contribution in [0.25, 0.3) is 17.1 Å². The summed E-state index contributed by atoms with van der Waals surface area (Å²) in [7, 11) is 3.30. The van der Waals surface area contributed by atoms with Gasteiger partial charge in [0.25, 0.3) is 11.8 Å². The third kappa shape index (κ3) is 2.01. The predicted molar refractivity (Wildman–Crippen MR) is 77.8 cm³/mol. The molecule has 1 aliphatic rings. The maximum absolute atomic E-state index is 11.9. The minimum absolute atomic E-state index is 0.167. The number of amides is 4. The van der Waals surface area contributed by atoms with Crippen molar-refractivity contribution < 1.29 is 14.4 Å². The van der Waals surface area contributed by atoms with Gasteiger partial charge in [0.2, 0.25) is 0 Å². The zero-order valence-corrected chi connectivity index (χ0v) is 11.8. The second kappa shape index (κ2) is 4.69. The zero-order chi connectivity index (χ0) is 16.0. The SMILES string of the molecule is Cn1c(=O)n(C)c2cc(C=C3C(=O)NC(=O)NC3=O)ccc21. The van der Waals surface area contributed by atoms with Crippen molar-refractivity contribution in [3.05, 3.63) is 39.8 Å². The Morgan fingerprint density at radius 2 is 1.50 bits per heavy atom. The van der Waals surface area contributed by atoms with Crippen molar-refractivity contribution in [2.75, 3.05) is 0 Å². The number of barbiturate groups is 1. The van der Waals surface area contributed by atoms with Crippen LogP contribution in [0.5, 0.6) is 0 Å². The number of hydrogen-bond acceptors (Lipinski definition) is 4. The van der Waals surface area contributed by atoms with Gasteiger partial charge in [-0.1, -0.05) is 6.07 Å². The van der Waals surface area contributed by atoms with Gasteiger partial charge >= 0.3 is 11.7 Å². The molecule has 4 amide bonds. The highest BCUT2D eigenvalue weighted by Gasteiger charge is 2.27. The van der Waals surface area contributed by atoms with E-state index in [0.717, 1.165) is 5.52 Å². The second-order valence-corrected chi connectivity index (χ2v) is 4.94. The summed E-state index contributed by atoms with van der Waals surface area (Å²) in [6.07, 6.45) is 1.37. The van der Waals surface area contributed by atoms with Gasteiger partial charge in [-0.25, -0.2) is 9.59 Å². The summed E-state index contributed by atoms with van der Waals surface area (Å²) in [5.41, 5.74) is 1.65. The molecule has 1 saturated heterocycles. The van der Waals surface area contributed by atoms with Crippen LogP contribution in [0.4, 0.5) is 4.79 Å². The smallest absolute Gasteiger partial charge is 0.295 e. The molecule has 0 saturated carbocycles. The molecule has 112 valence electrons. The van der Waals surface area contributed by atoms with Gasteiger partial charge in [-0.2, -0.15) is 0 Å². The molecule has 2 heterocycles. The number of imidazole rings is 1. The van der Waals surface area contributed by atoms with Crippen LogP contribution >= 0.6 is 0 Å². The van der Waals surface area contributed by atoms with E-state index < -0.39 is 17.8 Å². The molecule has 8 heteroatoms. The summed E-state index contributed by atoms with van der Waals surface area (Å²) in [6, 6.07) is 4.27. The van der Waals surface area contributed by atoms with Crippen molar-refractivity contribution in [2.24, 2.45) is 14.1 Å². The molecule has 0 aliphatic carbocycles. The number of benzene rings is 1. The van der Waals surface area contributed by atoms with Gasteiger partial charge in [0.15, 0.2) is 0 Å². The maximum atomic E-state index is 11.9. The van der Waals surface area contributed by atoms with Gasteiger partial charge < -0.3 is 0 Å². The van der Waals surface area contributed by atoms with Crippen molar-refractivity contribution in [1.82, 2.24) is 19.8 Å². The first-order valence-corrected chi connectivity index (χ1v) is 6.42. The van der Waals surface area contributed by atoms with Crippen molar-refractivity contribution in [3.8, 4) is 0 Å². The Bertz CT molecular complexity index is 910. The summed E-state index contributed by atoms with van der Waals surface area (Å²) in [5, 5.41) is 4.01. The van der Waals surface area contributed by atoms with Crippen molar-refractivity contribution in [1.29, 1.82) is 0 Å². The summed E-state index contributed by atoms with van der Waals surface area (Å²) >= 11 is 0. The van der Waals surface area contributed by atoms with E-state index >= 15 is 0 Å². The standard InChI is InChI=1S/C14H12N4O4/c1-17-9-4-3-7(6-10(9)18(2)14(17)22)5-8-11(19)15-13(21)16-12(8)20/h3-6H,1-2H3,(H2,15,16,19,20,21). The van der Waals surface area contributed by atoms with E-state index in [2.05, 4.69) is 0 Å². The van der Waals surface area contributed by atoms with E-state index in [1.54, 1.807) is 32.3 Å². The monoisotopic (exact) mass is 300 g/mol. The Balaban J connectivity index is 2.11. The number of fused-ring (bicyclic) bond motifs is 1. The lowest BCUT2D eigenvalue weighted by molar-refractivity contribution is -0.123. The number of aryl methyl sites for hydroxylation is 2. The van der Waals surface area contributed by atoms with E-state index in [4.69, 9.17) is 0 Å². The molecular formula is C14H12N4O4. The predicted octanol–water partition coefficient (Wildman–Crippen LogP) is -0.374. The number of carbonyl (C=O) groups excluding carboxylic acids is 3. The molecule has 1 aromatic heterocycles. The molecule has 0 radical (unpaired) electrons. The molecule has 0 atom stereocenters. The summed E-state index contributed by atoms with van der Waals surface area (Å²) in [5.74, 6) is -1.51. The van der Waals surface area contributed by atoms with Crippen LogP contribution in [-0.2, 0) is 23.7 Å². The normalized spacial score (nSPS) is 15.0. The van der Waals surface area contributed by atoms with E-state index in [0.29, 0.717) is 11.1 Å². The molecule has 3 rings (SSSR count). The maximum Gasteiger partial charge on any atom is 0.328 e. The lowest BCUT2D eigenvalue weighted by Gasteiger charge is -2.13. The quantitative estimate of drug-likeness (QED) is 0.554. The number of urea groups is 1. The number of hydrogen-bond donors (Lipinski definition) is 2. The molecular weight excluding hydrogens is 288 g/mol. The van der Waals surface area contributed by atoms with Crippen LogP contribution in [0.3, 0.4) is 0 Å². The largest absolute Gasteiger partial charge is 0.328 e. The molecule has 2 N–H and O–H groups in total. The lowest BCUT2D eigenvalue weighted by Crippen LogP contribution is -2.51. The van der Waals surface area contributed by atoms with Crippen LogP contribution in [0, 0.1) is 0 Å². The number of carbonyl (C=O) groups is 3.